The Morgan fingerprint density at radius 1 is 1.05 bits per heavy atom. The van der Waals surface area contributed by atoms with Gasteiger partial charge in [-0.15, -0.1) is 0 Å². The molecule has 1 aliphatic heterocycles. The molecule has 4 nitrogen and oxygen atoms in total. The van der Waals surface area contributed by atoms with Gasteiger partial charge < -0.3 is 9.80 Å². The fourth-order valence-electron chi connectivity index (χ4n) is 2.62. The molecule has 0 saturated carbocycles. The van der Waals surface area contributed by atoms with Crippen molar-refractivity contribution in [2.45, 2.75) is 26.7 Å². The molecule has 0 atom stereocenters. The molecule has 1 aliphatic rings. The van der Waals surface area contributed by atoms with Gasteiger partial charge in [-0.05, 0) is 36.6 Å². The van der Waals surface area contributed by atoms with Crippen molar-refractivity contribution in [3.8, 4) is 0 Å². The molecular formula is C17H23FN2O2. The second-order valence-electron chi connectivity index (χ2n) is 6.13. The highest BCUT2D eigenvalue weighted by Gasteiger charge is 2.23. The van der Waals surface area contributed by atoms with Crippen molar-refractivity contribution in [2.75, 3.05) is 26.2 Å². The zero-order chi connectivity index (χ0) is 16.1. The summed E-state index contributed by atoms with van der Waals surface area (Å²) in [6, 6.07) is 5.60. The maximum Gasteiger partial charge on any atom is 0.253 e. The van der Waals surface area contributed by atoms with Crippen LogP contribution in [0.3, 0.4) is 0 Å². The van der Waals surface area contributed by atoms with Crippen LogP contribution in [0, 0.1) is 11.7 Å². The van der Waals surface area contributed by atoms with Crippen LogP contribution in [0.1, 0.15) is 37.0 Å². The monoisotopic (exact) mass is 306 g/mol. The quantitative estimate of drug-likeness (QED) is 0.861. The number of hydrogen-bond acceptors (Lipinski definition) is 2. The second-order valence-corrected chi connectivity index (χ2v) is 6.13. The molecule has 2 rings (SSSR count). The molecule has 0 aromatic heterocycles. The van der Waals surface area contributed by atoms with E-state index in [0.29, 0.717) is 44.1 Å². The largest absolute Gasteiger partial charge is 0.341 e. The van der Waals surface area contributed by atoms with Crippen LogP contribution >= 0.6 is 0 Å². The van der Waals surface area contributed by atoms with Crippen molar-refractivity contribution in [1.82, 2.24) is 9.80 Å². The summed E-state index contributed by atoms with van der Waals surface area (Å²) in [6.45, 7) is 6.47. The molecule has 120 valence electrons. The second kappa shape index (κ2) is 7.38. The van der Waals surface area contributed by atoms with Gasteiger partial charge in [0.05, 0.1) is 0 Å². The van der Waals surface area contributed by atoms with E-state index in [1.807, 2.05) is 18.7 Å². The molecule has 1 heterocycles. The van der Waals surface area contributed by atoms with Gasteiger partial charge in [-0.25, -0.2) is 4.39 Å². The number of carbonyl (C=O) groups is 2. The Balaban J connectivity index is 1.96. The van der Waals surface area contributed by atoms with Gasteiger partial charge in [0.1, 0.15) is 5.82 Å². The Labute approximate surface area is 130 Å². The fourth-order valence-corrected chi connectivity index (χ4v) is 2.62. The standard InChI is InChI=1S/C17H23FN2O2/c1-13(2)12-16(21)19-8-3-9-20(11-10-19)17(22)14-4-6-15(18)7-5-14/h4-7,13H,3,8-12H2,1-2H3. The third kappa shape index (κ3) is 4.29. The lowest BCUT2D eigenvalue weighted by Gasteiger charge is -2.23. The van der Waals surface area contributed by atoms with Crippen LogP contribution in [0.15, 0.2) is 24.3 Å². The van der Waals surface area contributed by atoms with Crippen LogP contribution in [0.25, 0.3) is 0 Å². The van der Waals surface area contributed by atoms with Gasteiger partial charge in [0.15, 0.2) is 0 Å². The van der Waals surface area contributed by atoms with E-state index in [9.17, 15) is 14.0 Å². The first-order valence-electron chi connectivity index (χ1n) is 7.80. The van der Waals surface area contributed by atoms with Gasteiger partial charge in [-0.2, -0.15) is 0 Å². The van der Waals surface area contributed by atoms with Crippen LogP contribution in [0.5, 0.6) is 0 Å². The van der Waals surface area contributed by atoms with E-state index in [4.69, 9.17) is 0 Å². The van der Waals surface area contributed by atoms with E-state index in [1.165, 1.54) is 24.3 Å². The lowest BCUT2D eigenvalue weighted by Crippen LogP contribution is -2.37. The molecular weight excluding hydrogens is 283 g/mol. The zero-order valence-corrected chi connectivity index (χ0v) is 13.2. The first-order chi connectivity index (χ1) is 10.5. The molecule has 1 aromatic rings. The molecule has 0 bridgehead atoms. The number of amides is 2. The first kappa shape index (κ1) is 16.5. The normalized spacial score (nSPS) is 15.8. The van der Waals surface area contributed by atoms with E-state index in [-0.39, 0.29) is 17.6 Å². The van der Waals surface area contributed by atoms with Gasteiger partial charge >= 0.3 is 0 Å². The van der Waals surface area contributed by atoms with Crippen LogP contribution in [0.2, 0.25) is 0 Å². The third-order valence-corrected chi connectivity index (χ3v) is 3.81. The highest BCUT2D eigenvalue weighted by atomic mass is 19.1. The lowest BCUT2D eigenvalue weighted by molar-refractivity contribution is -0.131. The van der Waals surface area contributed by atoms with Gasteiger partial charge in [-0.1, -0.05) is 13.8 Å². The minimum absolute atomic E-state index is 0.0989. The van der Waals surface area contributed by atoms with Crippen LogP contribution in [-0.4, -0.2) is 47.8 Å². The molecule has 0 spiro atoms. The van der Waals surface area contributed by atoms with E-state index in [2.05, 4.69) is 0 Å². The topological polar surface area (TPSA) is 40.6 Å². The van der Waals surface area contributed by atoms with Crippen molar-refractivity contribution in [2.24, 2.45) is 5.92 Å². The fraction of sp³-hybridized carbons (Fsp3) is 0.529. The number of halogens is 1. The Bertz CT molecular complexity index is 528. The minimum Gasteiger partial charge on any atom is -0.341 e. The predicted octanol–water partition coefficient (Wildman–Crippen LogP) is 2.55. The number of nitrogens with zero attached hydrogens (tertiary/aromatic N) is 2. The smallest absolute Gasteiger partial charge is 0.253 e. The molecule has 2 amide bonds. The lowest BCUT2D eigenvalue weighted by atomic mass is 10.1. The Morgan fingerprint density at radius 2 is 1.64 bits per heavy atom. The summed E-state index contributed by atoms with van der Waals surface area (Å²) in [6.07, 6.45) is 1.32. The summed E-state index contributed by atoms with van der Waals surface area (Å²) in [5.41, 5.74) is 0.489. The Morgan fingerprint density at radius 3 is 2.27 bits per heavy atom. The SMILES string of the molecule is CC(C)CC(=O)N1CCCN(C(=O)c2ccc(F)cc2)CC1. The van der Waals surface area contributed by atoms with Crippen molar-refractivity contribution in [1.29, 1.82) is 0 Å². The van der Waals surface area contributed by atoms with Crippen LogP contribution in [-0.2, 0) is 4.79 Å². The minimum atomic E-state index is -0.349. The Hall–Kier alpha value is -1.91. The van der Waals surface area contributed by atoms with Crippen LogP contribution < -0.4 is 0 Å². The molecule has 0 radical (unpaired) electrons. The molecule has 5 heteroatoms. The first-order valence-corrected chi connectivity index (χ1v) is 7.80. The van der Waals surface area contributed by atoms with Gasteiger partial charge in [-0.3, -0.25) is 9.59 Å². The Kier molecular flexibility index (Phi) is 5.52. The zero-order valence-electron chi connectivity index (χ0n) is 13.2. The predicted molar refractivity (Wildman–Crippen MR) is 83.0 cm³/mol. The highest BCUT2D eigenvalue weighted by Crippen LogP contribution is 2.12. The van der Waals surface area contributed by atoms with Crippen molar-refractivity contribution < 1.29 is 14.0 Å². The maximum atomic E-state index is 12.9. The summed E-state index contributed by atoms with van der Waals surface area (Å²) in [5, 5.41) is 0. The van der Waals surface area contributed by atoms with Gasteiger partial charge in [0, 0.05) is 38.2 Å². The van der Waals surface area contributed by atoms with Crippen LogP contribution in [0.4, 0.5) is 4.39 Å². The average Bonchev–Trinajstić information content (AvgIpc) is 2.72. The highest BCUT2D eigenvalue weighted by molar-refractivity contribution is 5.94. The number of rotatable bonds is 3. The molecule has 1 fully saturated rings. The van der Waals surface area contributed by atoms with Gasteiger partial charge in [0.2, 0.25) is 5.91 Å². The summed E-state index contributed by atoms with van der Waals surface area (Å²) in [7, 11) is 0. The van der Waals surface area contributed by atoms with Gasteiger partial charge in [0.25, 0.3) is 5.91 Å². The molecule has 22 heavy (non-hydrogen) atoms. The third-order valence-electron chi connectivity index (χ3n) is 3.81. The number of carbonyl (C=O) groups excluding carboxylic acids is 2. The van der Waals surface area contributed by atoms with Crippen molar-refractivity contribution >= 4 is 11.8 Å². The van der Waals surface area contributed by atoms with E-state index in [0.717, 1.165) is 6.42 Å². The number of hydrogen-bond donors (Lipinski definition) is 0. The summed E-state index contributed by atoms with van der Waals surface area (Å²) < 4.78 is 12.9. The summed E-state index contributed by atoms with van der Waals surface area (Å²) in [5.74, 6) is 0.0508. The summed E-state index contributed by atoms with van der Waals surface area (Å²) in [4.78, 5) is 28.1. The molecule has 1 saturated heterocycles. The maximum absolute atomic E-state index is 12.9. The number of benzene rings is 1. The van der Waals surface area contributed by atoms with E-state index < -0.39 is 0 Å². The van der Waals surface area contributed by atoms with Crippen molar-refractivity contribution in [3.63, 3.8) is 0 Å². The van der Waals surface area contributed by atoms with E-state index in [1.54, 1.807) is 4.90 Å². The molecule has 0 aliphatic carbocycles. The summed E-state index contributed by atoms with van der Waals surface area (Å²) >= 11 is 0. The molecule has 1 aromatic carbocycles. The van der Waals surface area contributed by atoms with Crippen molar-refractivity contribution in [3.05, 3.63) is 35.6 Å². The van der Waals surface area contributed by atoms with E-state index >= 15 is 0 Å². The average molecular weight is 306 g/mol. The molecule has 0 unspecified atom stereocenters. The molecule has 0 N–H and O–H groups in total.